The molecule has 2 aliphatic rings. The topological polar surface area (TPSA) is 113 Å². The van der Waals surface area contributed by atoms with E-state index < -0.39 is 41.6 Å². The number of carbonyl (C=O) groups excluding carboxylic acids is 3. The number of benzene rings is 1. The average Bonchev–Trinajstić information content (AvgIpc) is 3.17. The summed E-state index contributed by atoms with van der Waals surface area (Å²) in [5.74, 6) is -3.94. The van der Waals surface area contributed by atoms with Crippen molar-refractivity contribution in [1.29, 1.82) is 0 Å². The van der Waals surface area contributed by atoms with Gasteiger partial charge in [0.2, 0.25) is 5.91 Å². The van der Waals surface area contributed by atoms with Gasteiger partial charge in [-0.15, -0.1) is 0 Å². The Bertz CT molecular complexity index is 903. The van der Waals surface area contributed by atoms with Gasteiger partial charge in [-0.25, -0.2) is 9.69 Å². The van der Waals surface area contributed by atoms with Gasteiger partial charge in [0.1, 0.15) is 12.7 Å². The number of hydrogen-bond donors (Lipinski definition) is 2. The summed E-state index contributed by atoms with van der Waals surface area (Å²) < 4.78 is 11.2. The molecule has 0 radical (unpaired) electrons. The zero-order chi connectivity index (χ0) is 24.2. The van der Waals surface area contributed by atoms with E-state index in [4.69, 9.17) is 14.6 Å². The van der Waals surface area contributed by atoms with Crippen LogP contribution in [-0.4, -0.2) is 64.0 Å². The fourth-order valence-corrected chi connectivity index (χ4v) is 4.65. The predicted molar refractivity (Wildman–Crippen MR) is 123 cm³/mol. The van der Waals surface area contributed by atoms with E-state index in [1.165, 1.54) is 6.08 Å². The molecular weight excluding hydrogens is 494 g/mol. The summed E-state index contributed by atoms with van der Waals surface area (Å²) in [4.78, 5) is 40.3. The van der Waals surface area contributed by atoms with E-state index in [1.54, 1.807) is 0 Å². The third-order valence-electron chi connectivity index (χ3n) is 6.06. The quantitative estimate of drug-likeness (QED) is 0.478. The molecular formula is C24H30BrNO7. The number of carbonyl (C=O) groups is 3. The summed E-state index contributed by atoms with van der Waals surface area (Å²) >= 11 is 3.22. The van der Waals surface area contributed by atoms with Gasteiger partial charge in [0.05, 0.1) is 16.4 Å². The highest BCUT2D eigenvalue weighted by Gasteiger charge is 2.50. The first kappa shape index (κ1) is 25.6. The predicted octanol–water partition coefficient (Wildman–Crippen LogP) is 2.95. The molecule has 0 bridgehead atoms. The minimum atomic E-state index is -1.81. The number of aliphatic hydroxyl groups excluding tert-OH is 1. The normalized spacial score (nSPS) is 26.4. The minimum Gasteiger partial charge on any atom is -0.447 e. The zero-order valence-corrected chi connectivity index (χ0v) is 20.4. The smallest absolute Gasteiger partial charge is 0.416 e. The Balaban J connectivity index is 1.96. The maximum Gasteiger partial charge on any atom is 0.416 e. The number of nitrogens with zero attached hydrogens (tertiary/aromatic N) is 1. The number of aliphatic hydroxyl groups is 2. The van der Waals surface area contributed by atoms with Gasteiger partial charge in [-0.1, -0.05) is 44.2 Å². The number of cyclic esters (lactones) is 1. The Hall–Kier alpha value is -2.07. The van der Waals surface area contributed by atoms with Crippen LogP contribution in [0.4, 0.5) is 4.79 Å². The van der Waals surface area contributed by atoms with E-state index in [-0.39, 0.29) is 36.5 Å². The van der Waals surface area contributed by atoms with E-state index in [0.29, 0.717) is 12.8 Å². The molecule has 0 spiro atoms. The van der Waals surface area contributed by atoms with Gasteiger partial charge in [0.15, 0.2) is 11.6 Å². The number of ether oxygens (including phenoxy) is 2. The molecule has 4 atom stereocenters. The van der Waals surface area contributed by atoms with Crippen LogP contribution in [0, 0.1) is 11.8 Å². The van der Waals surface area contributed by atoms with Crippen molar-refractivity contribution in [2.75, 3.05) is 13.2 Å². The first-order valence-corrected chi connectivity index (χ1v) is 11.9. The maximum atomic E-state index is 13.7. The summed E-state index contributed by atoms with van der Waals surface area (Å²) in [6, 6.07) is 8.69. The highest BCUT2D eigenvalue weighted by atomic mass is 79.9. The third-order valence-corrected chi connectivity index (χ3v) is 6.91. The van der Waals surface area contributed by atoms with Crippen LogP contribution in [-0.2, 0) is 25.5 Å². The van der Waals surface area contributed by atoms with Crippen molar-refractivity contribution in [1.82, 2.24) is 4.90 Å². The fraction of sp³-hybridized carbons (Fsp3) is 0.542. The second-order valence-corrected chi connectivity index (χ2v) is 9.65. The molecule has 0 saturated carbocycles. The van der Waals surface area contributed by atoms with Crippen molar-refractivity contribution in [2.24, 2.45) is 11.8 Å². The second kappa shape index (κ2) is 10.9. The Morgan fingerprint density at radius 1 is 1.24 bits per heavy atom. The van der Waals surface area contributed by atoms with Gasteiger partial charge in [-0.2, -0.15) is 0 Å². The molecule has 2 heterocycles. The van der Waals surface area contributed by atoms with Crippen molar-refractivity contribution in [3.05, 3.63) is 46.5 Å². The van der Waals surface area contributed by atoms with Crippen molar-refractivity contribution >= 4 is 33.7 Å². The molecule has 1 aromatic rings. The summed E-state index contributed by atoms with van der Waals surface area (Å²) in [7, 11) is 0. The van der Waals surface area contributed by atoms with Gasteiger partial charge in [0.25, 0.3) is 0 Å². The third kappa shape index (κ3) is 5.71. The minimum absolute atomic E-state index is 0.0368. The summed E-state index contributed by atoms with van der Waals surface area (Å²) in [5.41, 5.74) is 0.790. The number of hydrogen-bond acceptors (Lipinski definition) is 7. The molecule has 0 aromatic heterocycles. The van der Waals surface area contributed by atoms with Crippen LogP contribution >= 0.6 is 15.9 Å². The molecule has 3 rings (SSSR count). The first-order valence-electron chi connectivity index (χ1n) is 11.1. The van der Waals surface area contributed by atoms with E-state index in [1.807, 2.05) is 44.2 Å². The molecule has 33 heavy (non-hydrogen) atoms. The first-order chi connectivity index (χ1) is 15.7. The van der Waals surface area contributed by atoms with Crippen LogP contribution in [0.15, 0.2) is 40.9 Å². The number of rotatable bonds is 9. The number of unbranched alkanes of at least 4 members (excludes halogenated alkanes) is 1. The van der Waals surface area contributed by atoms with Crippen LogP contribution in [0.1, 0.15) is 38.7 Å². The van der Waals surface area contributed by atoms with Crippen LogP contribution in [0.5, 0.6) is 0 Å². The molecule has 2 N–H and O–H groups in total. The fourth-order valence-electron chi connectivity index (χ4n) is 4.13. The Morgan fingerprint density at radius 2 is 1.94 bits per heavy atom. The average molecular weight is 524 g/mol. The van der Waals surface area contributed by atoms with E-state index in [9.17, 15) is 19.5 Å². The van der Waals surface area contributed by atoms with Crippen LogP contribution in [0.2, 0.25) is 0 Å². The van der Waals surface area contributed by atoms with Crippen molar-refractivity contribution in [2.45, 2.75) is 57.5 Å². The van der Waals surface area contributed by atoms with Crippen molar-refractivity contribution < 1.29 is 34.1 Å². The number of imide groups is 1. The number of ketones is 1. The largest absolute Gasteiger partial charge is 0.447 e. The molecule has 1 aromatic carbocycles. The van der Waals surface area contributed by atoms with E-state index >= 15 is 0 Å². The zero-order valence-electron chi connectivity index (χ0n) is 18.8. The monoisotopic (exact) mass is 523 g/mol. The van der Waals surface area contributed by atoms with Crippen molar-refractivity contribution in [3.63, 3.8) is 0 Å². The molecule has 9 heteroatoms. The summed E-state index contributed by atoms with van der Waals surface area (Å²) in [6.07, 6.45) is 0.369. The molecule has 180 valence electrons. The molecule has 1 saturated heterocycles. The second-order valence-electron chi connectivity index (χ2n) is 8.79. The van der Waals surface area contributed by atoms with E-state index in [2.05, 4.69) is 15.9 Å². The van der Waals surface area contributed by atoms with Crippen LogP contribution in [0.3, 0.4) is 0 Å². The highest BCUT2D eigenvalue weighted by molar-refractivity contribution is 9.11. The molecule has 1 fully saturated rings. The van der Waals surface area contributed by atoms with E-state index in [0.717, 1.165) is 10.5 Å². The Morgan fingerprint density at radius 3 is 2.58 bits per heavy atom. The van der Waals surface area contributed by atoms with Gasteiger partial charge in [-0.3, -0.25) is 9.59 Å². The van der Waals surface area contributed by atoms with Crippen molar-refractivity contribution in [3.8, 4) is 0 Å². The Labute approximate surface area is 201 Å². The maximum absolute atomic E-state index is 13.7. The highest BCUT2D eigenvalue weighted by Crippen LogP contribution is 2.38. The van der Waals surface area contributed by atoms with Crippen LogP contribution in [0.25, 0.3) is 0 Å². The molecule has 0 unspecified atom stereocenters. The lowest BCUT2D eigenvalue weighted by atomic mass is 9.87. The molecule has 2 aliphatic heterocycles. The van der Waals surface area contributed by atoms with Crippen LogP contribution < -0.4 is 0 Å². The summed E-state index contributed by atoms with van der Waals surface area (Å²) in [5, 5.41) is 20.2. The lowest BCUT2D eigenvalue weighted by Crippen LogP contribution is -2.54. The van der Waals surface area contributed by atoms with Gasteiger partial charge >= 0.3 is 6.09 Å². The molecule has 2 amide bonds. The van der Waals surface area contributed by atoms with Gasteiger partial charge < -0.3 is 19.7 Å². The SMILES string of the molecule is CC(C)[C@@H]1COC(=O)N1C(=O)[C@@H](Cc1ccccc1)[C@H]1O[C@@](O)(CCCCO)C(Br)=CC1=O. The van der Waals surface area contributed by atoms with Gasteiger partial charge in [0, 0.05) is 13.0 Å². The number of amides is 2. The molecule has 8 nitrogen and oxygen atoms in total. The molecule has 0 aliphatic carbocycles. The number of halogens is 1. The lowest BCUT2D eigenvalue weighted by Gasteiger charge is -2.39. The standard InChI is InChI=1S/C24H30BrNO7/c1-15(2)18-14-32-23(30)26(18)22(29)17(12-16-8-4-3-5-9-16)21-19(28)13-20(25)24(31,33-21)10-6-7-11-27/h3-5,8-9,13,15,17-18,21,27,31H,6-7,10-12,14H2,1-2H3/t17-,18-,21+,24-/m0/s1. The lowest BCUT2D eigenvalue weighted by molar-refractivity contribution is -0.218. The summed E-state index contributed by atoms with van der Waals surface area (Å²) in [6.45, 7) is 3.83. The Kier molecular flexibility index (Phi) is 8.44. The van der Waals surface area contributed by atoms with Gasteiger partial charge in [-0.05, 0) is 52.7 Å².